The van der Waals surface area contributed by atoms with E-state index in [0.29, 0.717) is 12.4 Å². The van der Waals surface area contributed by atoms with E-state index < -0.39 is 0 Å². The van der Waals surface area contributed by atoms with Crippen molar-refractivity contribution in [2.24, 2.45) is 5.10 Å². The van der Waals surface area contributed by atoms with Crippen LogP contribution >= 0.6 is 15.9 Å². The maximum Gasteiger partial charge on any atom is 0.146 e. The summed E-state index contributed by atoms with van der Waals surface area (Å²) in [5.74, 6) is 1.54. The Morgan fingerprint density at radius 2 is 1.79 bits per heavy atom. The van der Waals surface area contributed by atoms with Gasteiger partial charge in [0.2, 0.25) is 0 Å². The molecule has 0 bridgehead atoms. The summed E-state index contributed by atoms with van der Waals surface area (Å²) in [6.07, 6.45) is 3.46. The van der Waals surface area contributed by atoms with Gasteiger partial charge in [0.25, 0.3) is 0 Å². The van der Waals surface area contributed by atoms with Gasteiger partial charge < -0.3 is 4.74 Å². The highest BCUT2D eigenvalue weighted by Crippen LogP contribution is 2.15. The first-order chi connectivity index (χ1) is 11.8. The standard InChI is InChI=1S/C19H16BrN3O/c20-17-8-4-16(5-9-17)14-24-18-10-6-15(7-11-18)13-22-23-19-3-1-2-12-21-19/h1-13H,14H2,(H,21,23). The van der Waals surface area contributed by atoms with Crippen molar-refractivity contribution in [3.05, 3.63) is 88.5 Å². The van der Waals surface area contributed by atoms with Gasteiger partial charge in [0.1, 0.15) is 18.2 Å². The van der Waals surface area contributed by atoms with Crippen molar-refractivity contribution in [2.75, 3.05) is 5.43 Å². The lowest BCUT2D eigenvalue weighted by Crippen LogP contribution is -1.95. The van der Waals surface area contributed by atoms with Gasteiger partial charge in [0.15, 0.2) is 0 Å². The molecule has 2 aromatic carbocycles. The highest BCUT2D eigenvalue weighted by molar-refractivity contribution is 9.10. The molecule has 0 aliphatic heterocycles. The molecule has 1 aromatic heterocycles. The summed E-state index contributed by atoms with van der Waals surface area (Å²) >= 11 is 3.42. The fourth-order valence-electron chi connectivity index (χ4n) is 2.00. The smallest absolute Gasteiger partial charge is 0.146 e. The van der Waals surface area contributed by atoms with Gasteiger partial charge in [-0.1, -0.05) is 34.1 Å². The number of pyridine rings is 1. The Hall–Kier alpha value is -2.66. The van der Waals surface area contributed by atoms with Gasteiger partial charge in [-0.3, -0.25) is 5.43 Å². The Bertz CT molecular complexity index is 787. The largest absolute Gasteiger partial charge is 0.489 e. The summed E-state index contributed by atoms with van der Waals surface area (Å²) < 4.78 is 6.84. The molecule has 24 heavy (non-hydrogen) atoms. The van der Waals surface area contributed by atoms with Gasteiger partial charge in [-0.05, 0) is 59.7 Å². The molecule has 3 rings (SSSR count). The minimum absolute atomic E-state index is 0.544. The van der Waals surface area contributed by atoms with Crippen molar-refractivity contribution < 1.29 is 4.74 Å². The third-order valence-corrected chi connectivity index (χ3v) is 3.79. The molecule has 0 radical (unpaired) electrons. The van der Waals surface area contributed by atoms with Crippen LogP contribution in [0.4, 0.5) is 5.82 Å². The average molecular weight is 382 g/mol. The summed E-state index contributed by atoms with van der Waals surface area (Å²) in [7, 11) is 0. The molecular weight excluding hydrogens is 366 g/mol. The number of hydrogen-bond donors (Lipinski definition) is 1. The molecule has 5 heteroatoms. The second-order valence-electron chi connectivity index (χ2n) is 5.07. The van der Waals surface area contributed by atoms with Crippen LogP contribution in [0.5, 0.6) is 5.75 Å². The molecule has 0 atom stereocenters. The SMILES string of the molecule is Brc1ccc(COc2ccc(C=NNc3ccccn3)cc2)cc1. The summed E-state index contributed by atoms with van der Waals surface area (Å²) in [4.78, 5) is 4.13. The summed E-state index contributed by atoms with van der Waals surface area (Å²) in [6, 6.07) is 21.5. The van der Waals surface area contributed by atoms with Gasteiger partial charge in [0, 0.05) is 10.7 Å². The maximum atomic E-state index is 5.78. The molecule has 4 nitrogen and oxygen atoms in total. The monoisotopic (exact) mass is 381 g/mol. The summed E-state index contributed by atoms with van der Waals surface area (Å²) in [5.41, 5.74) is 4.99. The summed E-state index contributed by atoms with van der Waals surface area (Å²) in [5, 5.41) is 4.16. The first-order valence-electron chi connectivity index (χ1n) is 7.47. The Balaban J connectivity index is 1.52. The van der Waals surface area contributed by atoms with Gasteiger partial charge in [0.05, 0.1) is 6.21 Å². The molecule has 1 N–H and O–H groups in total. The zero-order valence-electron chi connectivity index (χ0n) is 12.9. The molecular formula is C19H16BrN3O. The second-order valence-corrected chi connectivity index (χ2v) is 5.98. The van der Waals surface area contributed by atoms with Crippen LogP contribution in [0.3, 0.4) is 0 Å². The van der Waals surface area contributed by atoms with Gasteiger partial charge in [-0.15, -0.1) is 0 Å². The molecule has 1 heterocycles. The van der Waals surface area contributed by atoms with E-state index in [1.807, 2.05) is 66.7 Å². The zero-order chi connectivity index (χ0) is 16.6. The van der Waals surface area contributed by atoms with Crippen molar-refractivity contribution in [3.8, 4) is 5.75 Å². The first-order valence-corrected chi connectivity index (χ1v) is 8.26. The number of benzene rings is 2. The number of nitrogens with one attached hydrogen (secondary N) is 1. The van der Waals surface area contributed by atoms with Crippen LogP contribution < -0.4 is 10.2 Å². The van der Waals surface area contributed by atoms with Crippen LogP contribution in [0.2, 0.25) is 0 Å². The van der Waals surface area contributed by atoms with E-state index in [4.69, 9.17) is 4.74 Å². The minimum Gasteiger partial charge on any atom is -0.489 e. The lowest BCUT2D eigenvalue weighted by Gasteiger charge is -2.06. The topological polar surface area (TPSA) is 46.5 Å². The molecule has 0 aliphatic rings. The van der Waals surface area contributed by atoms with Crippen LogP contribution in [0.25, 0.3) is 0 Å². The van der Waals surface area contributed by atoms with Crippen molar-refractivity contribution >= 4 is 28.0 Å². The van der Waals surface area contributed by atoms with E-state index in [1.165, 1.54) is 0 Å². The Morgan fingerprint density at radius 3 is 2.50 bits per heavy atom. The van der Waals surface area contributed by atoms with Gasteiger partial charge in [-0.25, -0.2) is 4.98 Å². The minimum atomic E-state index is 0.544. The number of rotatable bonds is 6. The highest BCUT2D eigenvalue weighted by Gasteiger charge is 1.97. The van der Waals surface area contributed by atoms with Crippen molar-refractivity contribution in [1.82, 2.24) is 4.98 Å². The Labute approximate surface area is 149 Å². The maximum absolute atomic E-state index is 5.78. The summed E-state index contributed by atoms with van der Waals surface area (Å²) in [6.45, 7) is 0.544. The van der Waals surface area contributed by atoms with Crippen molar-refractivity contribution in [3.63, 3.8) is 0 Å². The van der Waals surface area contributed by atoms with E-state index in [9.17, 15) is 0 Å². The molecule has 0 fully saturated rings. The normalized spacial score (nSPS) is 10.7. The number of nitrogens with zero attached hydrogens (tertiary/aromatic N) is 2. The highest BCUT2D eigenvalue weighted by atomic mass is 79.9. The third kappa shape index (κ3) is 4.93. The quantitative estimate of drug-likeness (QED) is 0.489. The first kappa shape index (κ1) is 16.2. The number of hydrazone groups is 1. The molecule has 0 aliphatic carbocycles. The molecule has 0 amide bonds. The number of aromatic nitrogens is 1. The van der Waals surface area contributed by atoms with E-state index in [2.05, 4.69) is 31.4 Å². The zero-order valence-corrected chi connectivity index (χ0v) is 14.5. The number of hydrogen-bond acceptors (Lipinski definition) is 4. The number of ether oxygens (including phenoxy) is 1. The molecule has 0 saturated heterocycles. The molecule has 120 valence electrons. The fourth-order valence-corrected chi connectivity index (χ4v) is 2.26. The predicted molar refractivity (Wildman–Crippen MR) is 100 cm³/mol. The average Bonchev–Trinajstić information content (AvgIpc) is 2.63. The molecule has 0 saturated carbocycles. The van der Waals surface area contributed by atoms with Crippen LogP contribution in [0.1, 0.15) is 11.1 Å². The van der Waals surface area contributed by atoms with Gasteiger partial charge in [-0.2, -0.15) is 5.10 Å². The Kier molecular flexibility index (Phi) is 5.58. The van der Waals surface area contributed by atoms with Crippen LogP contribution in [0.15, 0.2) is 82.5 Å². The second kappa shape index (κ2) is 8.26. The van der Waals surface area contributed by atoms with Crippen LogP contribution in [-0.4, -0.2) is 11.2 Å². The Morgan fingerprint density at radius 1 is 1.00 bits per heavy atom. The lowest BCUT2D eigenvalue weighted by molar-refractivity contribution is 0.306. The molecule has 0 unspecified atom stereocenters. The number of halogens is 1. The number of anilines is 1. The van der Waals surface area contributed by atoms with Crippen molar-refractivity contribution in [2.45, 2.75) is 6.61 Å². The van der Waals surface area contributed by atoms with E-state index in [-0.39, 0.29) is 0 Å². The predicted octanol–water partition coefficient (Wildman–Crippen LogP) is 4.87. The van der Waals surface area contributed by atoms with E-state index >= 15 is 0 Å². The van der Waals surface area contributed by atoms with E-state index in [1.54, 1.807) is 12.4 Å². The van der Waals surface area contributed by atoms with Gasteiger partial charge >= 0.3 is 0 Å². The van der Waals surface area contributed by atoms with E-state index in [0.717, 1.165) is 21.3 Å². The van der Waals surface area contributed by atoms with Crippen LogP contribution in [0, 0.1) is 0 Å². The van der Waals surface area contributed by atoms with Crippen LogP contribution in [-0.2, 0) is 6.61 Å². The fraction of sp³-hybridized carbons (Fsp3) is 0.0526. The lowest BCUT2D eigenvalue weighted by atomic mass is 10.2. The van der Waals surface area contributed by atoms with Crippen molar-refractivity contribution in [1.29, 1.82) is 0 Å². The molecule has 0 spiro atoms. The third-order valence-electron chi connectivity index (χ3n) is 3.26. The molecule has 3 aromatic rings.